The maximum atomic E-state index is 10.3. The molecule has 0 aliphatic heterocycles. The fraction of sp³-hybridized carbons (Fsp3) is 0.100. The molecule has 27 heavy (non-hydrogen) atoms. The molecule has 0 heterocycles. The summed E-state index contributed by atoms with van der Waals surface area (Å²) >= 11 is 25.4. The Balaban J connectivity index is 1.83. The number of thioether (sulfide) groups is 1. The molecule has 140 valence electrons. The van der Waals surface area contributed by atoms with E-state index in [9.17, 15) is 10.2 Å². The second-order valence-corrected chi connectivity index (χ2v) is 8.62. The summed E-state index contributed by atoms with van der Waals surface area (Å²) in [5.41, 5.74) is 2.61. The Hall–Kier alpha value is -1.23. The molecule has 3 rings (SSSR count). The number of benzene rings is 3. The molecule has 0 radical (unpaired) electrons. The minimum Gasteiger partial charge on any atom is -0.506 e. The third-order valence-electron chi connectivity index (χ3n) is 3.90. The first-order chi connectivity index (χ1) is 12.8. The van der Waals surface area contributed by atoms with Crippen molar-refractivity contribution in [2.45, 2.75) is 17.1 Å². The average molecular weight is 460 g/mol. The van der Waals surface area contributed by atoms with Gasteiger partial charge < -0.3 is 10.2 Å². The third kappa shape index (κ3) is 5.18. The first-order valence-electron chi connectivity index (χ1n) is 7.89. The van der Waals surface area contributed by atoms with Gasteiger partial charge in [-0.05, 0) is 53.9 Å². The molecule has 0 aromatic heterocycles. The van der Waals surface area contributed by atoms with Gasteiger partial charge in [0.15, 0.2) is 0 Å². The van der Waals surface area contributed by atoms with Crippen LogP contribution in [0.15, 0.2) is 53.4 Å². The highest BCUT2D eigenvalue weighted by molar-refractivity contribution is 7.98. The van der Waals surface area contributed by atoms with Crippen molar-refractivity contribution >= 4 is 58.2 Å². The minimum atomic E-state index is -0.0172. The van der Waals surface area contributed by atoms with Gasteiger partial charge in [-0.3, -0.25) is 0 Å². The van der Waals surface area contributed by atoms with Crippen LogP contribution in [0.3, 0.4) is 0 Å². The molecule has 0 amide bonds. The van der Waals surface area contributed by atoms with E-state index in [0.717, 1.165) is 11.1 Å². The van der Waals surface area contributed by atoms with Gasteiger partial charge in [0.05, 0.1) is 14.9 Å². The van der Waals surface area contributed by atoms with Gasteiger partial charge in [-0.1, -0.05) is 58.5 Å². The molecule has 3 aromatic carbocycles. The number of phenolic OH excluding ortho intramolecular Hbond substituents is 2. The molecule has 2 nitrogen and oxygen atoms in total. The highest BCUT2D eigenvalue weighted by atomic mass is 35.5. The van der Waals surface area contributed by atoms with Crippen molar-refractivity contribution in [2.75, 3.05) is 0 Å². The molecule has 0 bridgehead atoms. The van der Waals surface area contributed by atoms with Crippen molar-refractivity contribution in [3.63, 3.8) is 0 Å². The van der Waals surface area contributed by atoms with Crippen LogP contribution in [0.25, 0.3) is 0 Å². The van der Waals surface area contributed by atoms with Gasteiger partial charge in [0.2, 0.25) is 0 Å². The van der Waals surface area contributed by atoms with E-state index in [1.807, 2.05) is 30.3 Å². The lowest BCUT2D eigenvalue weighted by atomic mass is 10.1. The van der Waals surface area contributed by atoms with Gasteiger partial charge >= 0.3 is 0 Å². The van der Waals surface area contributed by atoms with E-state index >= 15 is 0 Å². The van der Waals surface area contributed by atoms with Crippen LogP contribution in [-0.2, 0) is 12.2 Å². The second kappa shape index (κ2) is 8.85. The fourth-order valence-electron chi connectivity index (χ4n) is 2.56. The predicted molar refractivity (Wildman–Crippen MR) is 115 cm³/mol. The zero-order valence-electron chi connectivity index (χ0n) is 13.8. The van der Waals surface area contributed by atoms with E-state index in [1.54, 1.807) is 12.1 Å². The Labute approximate surface area is 181 Å². The van der Waals surface area contributed by atoms with Crippen molar-refractivity contribution in [1.29, 1.82) is 0 Å². The van der Waals surface area contributed by atoms with Crippen molar-refractivity contribution in [1.82, 2.24) is 0 Å². The molecule has 3 aromatic rings. The number of aromatic hydroxyl groups is 2. The lowest BCUT2D eigenvalue weighted by Crippen LogP contribution is -1.91. The van der Waals surface area contributed by atoms with E-state index in [0.29, 0.717) is 32.7 Å². The predicted octanol–water partition coefficient (Wildman–Crippen LogP) is 7.59. The summed E-state index contributed by atoms with van der Waals surface area (Å²) in [6.45, 7) is 0. The van der Waals surface area contributed by atoms with Crippen LogP contribution in [-0.4, -0.2) is 10.2 Å². The summed E-state index contributed by atoms with van der Waals surface area (Å²) in [7, 11) is 0. The van der Waals surface area contributed by atoms with E-state index in [1.165, 1.54) is 17.8 Å². The summed E-state index contributed by atoms with van der Waals surface area (Å²) < 4.78 is 0. The highest BCUT2D eigenvalue weighted by Crippen LogP contribution is 2.40. The zero-order chi connectivity index (χ0) is 19.6. The van der Waals surface area contributed by atoms with Crippen molar-refractivity contribution in [2.24, 2.45) is 0 Å². The van der Waals surface area contributed by atoms with Crippen molar-refractivity contribution in [3.8, 4) is 11.5 Å². The Morgan fingerprint density at radius 1 is 0.704 bits per heavy atom. The van der Waals surface area contributed by atoms with Crippen LogP contribution >= 0.6 is 58.2 Å². The second-order valence-electron chi connectivity index (χ2n) is 5.91. The average Bonchev–Trinajstić information content (AvgIpc) is 2.62. The number of phenols is 2. The molecule has 0 unspecified atom stereocenters. The van der Waals surface area contributed by atoms with Gasteiger partial charge in [-0.25, -0.2) is 0 Å². The quantitative estimate of drug-likeness (QED) is 0.386. The lowest BCUT2D eigenvalue weighted by Gasteiger charge is -2.11. The Bertz CT molecular complexity index is 975. The molecule has 0 fully saturated rings. The van der Waals surface area contributed by atoms with Gasteiger partial charge in [0, 0.05) is 21.4 Å². The number of rotatable bonds is 5. The molecule has 0 atom stereocenters. The molecule has 2 N–H and O–H groups in total. The van der Waals surface area contributed by atoms with Gasteiger partial charge in [-0.15, -0.1) is 11.8 Å². The normalized spacial score (nSPS) is 11.0. The molecule has 0 saturated heterocycles. The SMILES string of the molecule is Oc1c(Cl)cc(Cl)cc1CSc1cc(Cc2ccc(Cl)cc2)cc(Cl)c1O. The maximum absolute atomic E-state index is 10.3. The van der Waals surface area contributed by atoms with Crippen LogP contribution in [0.4, 0.5) is 0 Å². The van der Waals surface area contributed by atoms with Crippen LogP contribution < -0.4 is 0 Å². The fourth-order valence-corrected chi connectivity index (χ4v) is 4.53. The van der Waals surface area contributed by atoms with Crippen LogP contribution in [0.1, 0.15) is 16.7 Å². The van der Waals surface area contributed by atoms with E-state index in [-0.39, 0.29) is 21.5 Å². The Morgan fingerprint density at radius 2 is 1.37 bits per heavy atom. The van der Waals surface area contributed by atoms with Crippen molar-refractivity contribution < 1.29 is 10.2 Å². The van der Waals surface area contributed by atoms with E-state index in [4.69, 9.17) is 46.4 Å². The smallest absolute Gasteiger partial charge is 0.147 e. The molecular formula is C20H14Cl4O2S. The molecular weight excluding hydrogens is 446 g/mol. The minimum absolute atomic E-state index is 0.00846. The Morgan fingerprint density at radius 3 is 2.07 bits per heavy atom. The first-order valence-corrected chi connectivity index (χ1v) is 10.4. The summed E-state index contributed by atoms with van der Waals surface area (Å²) in [4.78, 5) is 0.613. The molecule has 7 heteroatoms. The van der Waals surface area contributed by atoms with Crippen LogP contribution in [0, 0.1) is 0 Å². The molecule has 0 saturated carbocycles. The first kappa shape index (κ1) is 20.5. The van der Waals surface area contributed by atoms with Crippen molar-refractivity contribution in [3.05, 3.63) is 85.3 Å². The standard InChI is InChI=1S/C20H14Cl4O2S/c21-14-3-1-11(2-4-14)5-12-6-16(23)20(26)18(7-12)27-10-13-8-15(22)9-17(24)19(13)25/h1-4,6-9,25-26H,5,10H2. The topological polar surface area (TPSA) is 40.5 Å². The van der Waals surface area contributed by atoms with Gasteiger partial charge in [0.1, 0.15) is 11.5 Å². The van der Waals surface area contributed by atoms with E-state index < -0.39 is 0 Å². The monoisotopic (exact) mass is 458 g/mol. The maximum Gasteiger partial charge on any atom is 0.147 e. The number of hydrogen-bond donors (Lipinski definition) is 2. The summed E-state index contributed by atoms with van der Waals surface area (Å²) in [5.74, 6) is 0.367. The summed E-state index contributed by atoms with van der Waals surface area (Å²) in [6.07, 6.45) is 0.652. The van der Waals surface area contributed by atoms with Gasteiger partial charge in [-0.2, -0.15) is 0 Å². The number of halogens is 4. The van der Waals surface area contributed by atoms with E-state index in [2.05, 4.69) is 0 Å². The Kier molecular flexibility index (Phi) is 6.72. The van der Waals surface area contributed by atoms with Crippen LogP contribution in [0.2, 0.25) is 20.1 Å². The molecule has 0 aliphatic carbocycles. The van der Waals surface area contributed by atoms with Gasteiger partial charge in [0.25, 0.3) is 0 Å². The molecule has 0 aliphatic rings. The largest absolute Gasteiger partial charge is 0.506 e. The lowest BCUT2D eigenvalue weighted by molar-refractivity contribution is 0.462. The summed E-state index contributed by atoms with van der Waals surface area (Å²) in [6, 6.07) is 14.3. The number of hydrogen-bond acceptors (Lipinski definition) is 3. The highest BCUT2D eigenvalue weighted by Gasteiger charge is 2.13. The molecule has 0 spiro atoms. The zero-order valence-corrected chi connectivity index (χ0v) is 17.7. The van der Waals surface area contributed by atoms with Crippen LogP contribution in [0.5, 0.6) is 11.5 Å². The third-order valence-corrected chi connectivity index (χ3v) is 6.02. The summed E-state index contributed by atoms with van der Waals surface area (Å²) in [5, 5.41) is 22.0.